The highest BCUT2D eigenvalue weighted by Crippen LogP contribution is 2.27. The van der Waals surface area contributed by atoms with Crippen molar-refractivity contribution in [2.45, 2.75) is 12.8 Å². The number of halogens is 1. The molecule has 0 heterocycles. The van der Waals surface area contributed by atoms with Gasteiger partial charge in [-0.3, -0.25) is 0 Å². The fraction of sp³-hybridized carbons (Fsp3) is 0.316. The highest BCUT2D eigenvalue weighted by molar-refractivity contribution is 6.31. The van der Waals surface area contributed by atoms with E-state index in [1.165, 1.54) is 0 Å². The Hall–Kier alpha value is -2.40. The molecule has 2 aromatic carbocycles. The second-order valence-electron chi connectivity index (χ2n) is 5.46. The Morgan fingerprint density at radius 2 is 1.64 bits per heavy atom. The summed E-state index contributed by atoms with van der Waals surface area (Å²) in [6.07, 6.45) is 1.40. The predicted molar refractivity (Wildman–Crippen MR) is 99.8 cm³/mol. The van der Waals surface area contributed by atoms with Crippen molar-refractivity contribution in [2.24, 2.45) is 0 Å². The summed E-state index contributed by atoms with van der Waals surface area (Å²) in [4.78, 5) is 11.8. The van der Waals surface area contributed by atoms with Crippen molar-refractivity contribution in [1.29, 1.82) is 0 Å². The van der Waals surface area contributed by atoms with Gasteiger partial charge in [0.1, 0.15) is 0 Å². The number of nitrogens with one attached hydrogen (secondary N) is 2. The van der Waals surface area contributed by atoms with E-state index in [1.54, 1.807) is 14.2 Å². The van der Waals surface area contributed by atoms with Crippen LogP contribution < -0.4 is 20.1 Å². The highest BCUT2D eigenvalue weighted by atomic mass is 35.5. The lowest BCUT2D eigenvalue weighted by Gasteiger charge is -2.11. The van der Waals surface area contributed by atoms with E-state index in [0.29, 0.717) is 37.4 Å². The first-order valence-corrected chi connectivity index (χ1v) is 8.48. The topological polar surface area (TPSA) is 59.6 Å². The molecule has 0 aliphatic heterocycles. The molecule has 134 valence electrons. The second-order valence-corrected chi connectivity index (χ2v) is 5.87. The van der Waals surface area contributed by atoms with Gasteiger partial charge in [-0.2, -0.15) is 0 Å². The van der Waals surface area contributed by atoms with Gasteiger partial charge in [0.15, 0.2) is 11.5 Å². The SMILES string of the molecule is COc1ccc(CCNC(=O)NCCc2ccccc2Cl)cc1OC. The molecule has 0 unspecified atom stereocenters. The molecule has 0 fully saturated rings. The zero-order chi connectivity index (χ0) is 18.1. The van der Waals surface area contributed by atoms with E-state index in [1.807, 2.05) is 42.5 Å². The molecule has 0 atom stereocenters. The van der Waals surface area contributed by atoms with E-state index in [0.717, 1.165) is 16.1 Å². The molecule has 2 amide bonds. The number of ether oxygens (including phenoxy) is 2. The van der Waals surface area contributed by atoms with Crippen molar-refractivity contribution < 1.29 is 14.3 Å². The van der Waals surface area contributed by atoms with Crippen LogP contribution in [0.3, 0.4) is 0 Å². The molecule has 2 rings (SSSR count). The number of hydrogen-bond donors (Lipinski definition) is 2. The molecule has 5 nitrogen and oxygen atoms in total. The van der Waals surface area contributed by atoms with Crippen LogP contribution in [0.1, 0.15) is 11.1 Å². The van der Waals surface area contributed by atoms with Crippen molar-refractivity contribution in [2.75, 3.05) is 27.3 Å². The van der Waals surface area contributed by atoms with Gasteiger partial charge in [-0.1, -0.05) is 35.9 Å². The van der Waals surface area contributed by atoms with E-state index in [-0.39, 0.29) is 6.03 Å². The molecular weight excluding hydrogens is 340 g/mol. The third kappa shape index (κ3) is 5.87. The van der Waals surface area contributed by atoms with Crippen molar-refractivity contribution >= 4 is 17.6 Å². The molecule has 0 spiro atoms. The lowest BCUT2D eigenvalue weighted by Crippen LogP contribution is -2.37. The molecule has 0 aliphatic rings. The van der Waals surface area contributed by atoms with Gasteiger partial charge in [0.25, 0.3) is 0 Å². The molecule has 0 aliphatic carbocycles. The second kappa shape index (κ2) is 9.79. The monoisotopic (exact) mass is 362 g/mol. The summed E-state index contributed by atoms with van der Waals surface area (Å²) in [5, 5.41) is 6.40. The molecule has 0 bridgehead atoms. The molecule has 0 saturated carbocycles. The first-order chi connectivity index (χ1) is 12.1. The summed E-state index contributed by atoms with van der Waals surface area (Å²) in [5.41, 5.74) is 2.09. The maximum atomic E-state index is 11.8. The van der Waals surface area contributed by atoms with Crippen LogP contribution >= 0.6 is 11.6 Å². The van der Waals surface area contributed by atoms with E-state index < -0.39 is 0 Å². The maximum Gasteiger partial charge on any atom is 0.314 e. The van der Waals surface area contributed by atoms with Crippen LogP contribution in [0.4, 0.5) is 4.79 Å². The number of amides is 2. The van der Waals surface area contributed by atoms with Crippen LogP contribution in [0.15, 0.2) is 42.5 Å². The normalized spacial score (nSPS) is 10.2. The zero-order valence-corrected chi connectivity index (χ0v) is 15.2. The van der Waals surface area contributed by atoms with Crippen LogP contribution in [0.2, 0.25) is 5.02 Å². The minimum Gasteiger partial charge on any atom is -0.493 e. The van der Waals surface area contributed by atoms with Gasteiger partial charge >= 0.3 is 6.03 Å². The van der Waals surface area contributed by atoms with Crippen molar-refractivity contribution in [3.63, 3.8) is 0 Å². The summed E-state index contributed by atoms with van der Waals surface area (Å²) in [6, 6.07) is 13.2. The average molecular weight is 363 g/mol. The highest BCUT2D eigenvalue weighted by Gasteiger charge is 2.06. The van der Waals surface area contributed by atoms with Gasteiger partial charge in [0, 0.05) is 18.1 Å². The summed E-state index contributed by atoms with van der Waals surface area (Å²) in [5.74, 6) is 1.38. The number of carbonyl (C=O) groups excluding carboxylic acids is 1. The van der Waals surface area contributed by atoms with E-state index in [9.17, 15) is 4.79 Å². The molecule has 2 aromatic rings. The van der Waals surface area contributed by atoms with Crippen LogP contribution in [0.25, 0.3) is 0 Å². The first kappa shape index (κ1) is 18.9. The molecule has 25 heavy (non-hydrogen) atoms. The zero-order valence-electron chi connectivity index (χ0n) is 14.5. The quantitative estimate of drug-likeness (QED) is 0.756. The van der Waals surface area contributed by atoms with Crippen LogP contribution in [-0.4, -0.2) is 33.3 Å². The summed E-state index contributed by atoms with van der Waals surface area (Å²) in [7, 11) is 3.21. The Morgan fingerprint density at radius 3 is 2.32 bits per heavy atom. The number of urea groups is 1. The van der Waals surface area contributed by atoms with Gasteiger partial charge in [-0.15, -0.1) is 0 Å². The number of methoxy groups -OCH3 is 2. The Balaban J connectivity index is 1.71. The fourth-order valence-corrected chi connectivity index (χ4v) is 2.66. The number of carbonyl (C=O) groups is 1. The molecule has 6 heteroatoms. The summed E-state index contributed by atoms with van der Waals surface area (Å²) < 4.78 is 10.5. The van der Waals surface area contributed by atoms with Crippen LogP contribution in [0.5, 0.6) is 11.5 Å². The van der Waals surface area contributed by atoms with E-state index in [4.69, 9.17) is 21.1 Å². The smallest absolute Gasteiger partial charge is 0.314 e. The Labute approximate surface area is 153 Å². The maximum absolute atomic E-state index is 11.8. The van der Waals surface area contributed by atoms with Crippen LogP contribution in [0, 0.1) is 0 Å². The Morgan fingerprint density at radius 1 is 0.960 bits per heavy atom. The molecule has 2 N–H and O–H groups in total. The van der Waals surface area contributed by atoms with Gasteiger partial charge in [0.2, 0.25) is 0 Å². The number of hydrogen-bond acceptors (Lipinski definition) is 3. The minimum absolute atomic E-state index is 0.187. The molecule has 0 aromatic heterocycles. The number of rotatable bonds is 8. The summed E-state index contributed by atoms with van der Waals surface area (Å²) >= 11 is 6.09. The minimum atomic E-state index is -0.187. The van der Waals surface area contributed by atoms with Gasteiger partial charge < -0.3 is 20.1 Å². The van der Waals surface area contributed by atoms with Crippen molar-refractivity contribution in [1.82, 2.24) is 10.6 Å². The van der Waals surface area contributed by atoms with E-state index in [2.05, 4.69) is 10.6 Å². The molecular formula is C19H23ClN2O3. The number of benzene rings is 2. The first-order valence-electron chi connectivity index (χ1n) is 8.10. The van der Waals surface area contributed by atoms with Gasteiger partial charge in [-0.25, -0.2) is 4.79 Å². The third-order valence-corrected chi connectivity index (χ3v) is 4.15. The third-order valence-electron chi connectivity index (χ3n) is 3.78. The predicted octanol–water partition coefficient (Wildman–Crippen LogP) is 3.44. The largest absolute Gasteiger partial charge is 0.493 e. The van der Waals surface area contributed by atoms with Crippen molar-refractivity contribution in [3.8, 4) is 11.5 Å². The fourth-order valence-electron chi connectivity index (χ4n) is 2.43. The van der Waals surface area contributed by atoms with Gasteiger partial charge in [0.05, 0.1) is 14.2 Å². The molecule has 0 saturated heterocycles. The van der Waals surface area contributed by atoms with E-state index >= 15 is 0 Å². The van der Waals surface area contributed by atoms with Crippen LogP contribution in [-0.2, 0) is 12.8 Å². The van der Waals surface area contributed by atoms with Crippen molar-refractivity contribution in [3.05, 3.63) is 58.6 Å². The lowest BCUT2D eigenvalue weighted by atomic mass is 10.1. The van der Waals surface area contributed by atoms with Gasteiger partial charge in [-0.05, 0) is 42.2 Å². The average Bonchev–Trinajstić information content (AvgIpc) is 2.63. The standard InChI is InChI=1S/C19H23ClN2O3/c1-24-17-8-7-14(13-18(17)25-2)9-11-21-19(23)22-12-10-15-5-3-4-6-16(15)20/h3-8,13H,9-12H2,1-2H3,(H2,21,22,23). The lowest BCUT2D eigenvalue weighted by molar-refractivity contribution is 0.241. The summed E-state index contributed by atoms with van der Waals surface area (Å²) in [6.45, 7) is 1.07. The molecule has 0 radical (unpaired) electrons. The Kier molecular flexibility index (Phi) is 7.41. The Bertz CT molecular complexity index is 707.